The smallest absolute Gasteiger partial charge is 0.270 e. The summed E-state index contributed by atoms with van der Waals surface area (Å²) in [6.45, 7) is 0.667. The van der Waals surface area contributed by atoms with Crippen LogP contribution in [0.1, 0.15) is 11.1 Å². The minimum Gasteiger partial charge on any atom is -0.342 e. The standard InChI is InChI=1S/C25H15Cl2FN2OS2/c26-17-7-5-15(6-8-17)13-29-14-16(19-3-1-2-4-22(19)29)11-23-24(31)30(25(32)33-23)18-9-10-21(28)20(27)12-18/h1-12,14H,13H2/b23-11-. The first-order chi connectivity index (χ1) is 15.9. The van der Waals surface area contributed by atoms with Crippen LogP contribution < -0.4 is 4.90 Å². The van der Waals surface area contributed by atoms with Crippen molar-refractivity contribution in [3.05, 3.63) is 105 Å². The number of para-hydroxylation sites is 1. The van der Waals surface area contributed by atoms with Gasteiger partial charge in [0.15, 0.2) is 4.32 Å². The number of benzene rings is 3. The third-order valence-corrected chi connectivity index (χ3v) is 7.17. The average Bonchev–Trinajstić information content (AvgIpc) is 3.28. The van der Waals surface area contributed by atoms with E-state index in [1.165, 1.54) is 34.9 Å². The van der Waals surface area contributed by atoms with Crippen molar-refractivity contribution in [1.82, 2.24) is 4.57 Å². The second-order valence-electron chi connectivity index (χ2n) is 7.47. The monoisotopic (exact) mass is 512 g/mol. The summed E-state index contributed by atoms with van der Waals surface area (Å²) in [4.78, 5) is 15.1. The topological polar surface area (TPSA) is 25.2 Å². The lowest BCUT2D eigenvalue weighted by Crippen LogP contribution is -2.27. The van der Waals surface area contributed by atoms with Gasteiger partial charge in [0.25, 0.3) is 5.91 Å². The van der Waals surface area contributed by atoms with Gasteiger partial charge in [-0.1, -0.05) is 77.5 Å². The van der Waals surface area contributed by atoms with E-state index in [1.54, 1.807) is 0 Å². The molecule has 0 unspecified atom stereocenters. The second-order valence-corrected chi connectivity index (χ2v) is 9.99. The lowest BCUT2D eigenvalue weighted by molar-refractivity contribution is -0.113. The summed E-state index contributed by atoms with van der Waals surface area (Å²) in [5.74, 6) is -0.808. The van der Waals surface area contributed by atoms with Gasteiger partial charge in [0.1, 0.15) is 5.82 Å². The molecular formula is C25H15Cl2FN2OS2. The molecule has 2 heterocycles. The quantitative estimate of drug-likeness (QED) is 0.208. The van der Waals surface area contributed by atoms with Gasteiger partial charge in [-0.05, 0) is 48.0 Å². The first-order valence-electron chi connectivity index (χ1n) is 9.96. The lowest BCUT2D eigenvalue weighted by Gasteiger charge is -2.14. The molecule has 0 spiro atoms. The Hall–Kier alpha value is -2.64. The highest BCUT2D eigenvalue weighted by Crippen LogP contribution is 2.38. The summed E-state index contributed by atoms with van der Waals surface area (Å²) >= 11 is 18.6. The number of hydrogen-bond acceptors (Lipinski definition) is 3. The predicted octanol–water partition coefficient (Wildman–Crippen LogP) is 7.54. The van der Waals surface area contributed by atoms with E-state index in [2.05, 4.69) is 4.57 Å². The molecule has 4 aromatic rings. The SMILES string of the molecule is O=C1/C(=C/c2cn(Cc3ccc(Cl)cc3)c3ccccc23)SC(=S)N1c1ccc(F)c(Cl)c1. The maximum Gasteiger partial charge on any atom is 0.270 e. The molecule has 1 saturated heterocycles. The van der Waals surface area contributed by atoms with Crippen molar-refractivity contribution in [3.63, 3.8) is 0 Å². The van der Waals surface area contributed by atoms with Crippen molar-refractivity contribution in [2.75, 3.05) is 4.90 Å². The van der Waals surface area contributed by atoms with E-state index in [9.17, 15) is 9.18 Å². The number of hydrogen-bond donors (Lipinski definition) is 0. The van der Waals surface area contributed by atoms with Gasteiger partial charge in [0, 0.05) is 34.2 Å². The number of nitrogens with zero attached hydrogens (tertiary/aromatic N) is 2. The largest absolute Gasteiger partial charge is 0.342 e. The van der Waals surface area contributed by atoms with Crippen LogP contribution in [-0.2, 0) is 11.3 Å². The number of aromatic nitrogens is 1. The van der Waals surface area contributed by atoms with Crippen molar-refractivity contribution in [3.8, 4) is 0 Å². The molecule has 33 heavy (non-hydrogen) atoms. The first kappa shape index (κ1) is 22.2. The lowest BCUT2D eigenvalue weighted by atomic mass is 10.1. The van der Waals surface area contributed by atoms with Crippen LogP contribution in [0.5, 0.6) is 0 Å². The number of fused-ring (bicyclic) bond motifs is 1. The van der Waals surface area contributed by atoms with Crippen LogP contribution in [0.25, 0.3) is 17.0 Å². The highest BCUT2D eigenvalue weighted by atomic mass is 35.5. The molecule has 3 aromatic carbocycles. The van der Waals surface area contributed by atoms with Crippen LogP contribution in [0.15, 0.2) is 77.8 Å². The number of amides is 1. The number of thioether (sulfide) groups is 1. The maximum absolute atomic E-state index is 13.6. The maximum atomic E-state index is 13.6. The Morgan fingerprint density at radius 3 is 2.55 bits per heavy atom. The normalized spacial score (nSPS) is 15.2. The molecule has 0 aliphatic carbocycles. The van der Waals surface area contributed by atoms with E-state index < -0.39 is 5.82 Å². The van der Waals surface area contributed by atoms with Gasteiger partial charge in [-0.15, -0.1) is 0 Å². The molecule has 1 fully saturated rings. The van der Waals surface area contributed by atoms with Crippen LogP contribution in [0.4, 0.5) is 10.1 Å². The summed E-state index contributed by atoms with van der Waals surface area (Å²) in [5, 5.41) is 1.67. The molecule has 1 amide bonds. The Morgan fingerprint density at radius 2 is 1.79 bits per heavy atom. The zero-order valence-electron chi connectivity index (χ0n) is 17.0. The van der Waals surface area contributed by atoms with Crippen molar-refractivity contribution >= 4 is 80.1 Å². The molecular weight excluding hydrogens is 498 g/mol. The summed E-state index contributed by atoms with van der Waals surface area (Å²) in [6.07, 6.45) is 3.88. The second kappa shape index (κ2) is 8.95. The van der Waals surface area contributed by atoms with E-state index >= 15 is 0 Å². The molecule has 0 atom stereocenters. The fourth-order valence-corrected chi connectivity index (χ4v) is 5.35. The molecule has 1 aliphatic heterocycles. The molecule has 5 rings (SSSR count). The minimum atomic E-state index is -0.546. The molecule has 0 bridgehead atoms. The minimum absolute atomic E-state index is 0.0594. The molecule has 1 aliphatic rings. The van der Waals surface area contributed by atoms with E-state index in [-0.39, 0.29) is 10.9 Å². The number of anilines is 1. The Morgan fingerprint density at radius 1 is 1.03 bits per heavy atom. The summed E-state index contributed by atoms with van der Waals surface area (Å²) in [7, 11) is 0. The molecule has 0 N–H and O–H groups in total. The predicted molar refractivity (Wildman–Crippen MR) is 140 cm³/mol. The molecule has 8 heteroatoms. The van der Waals surface area contributed by atoms with Gasteiger partial charge in [-0.25, -0.2) is 4.39 Å². The molecule has 0 saturated carbocycles. The summed E-state index contributed by atoms with van der Waals surface area (Å²) in [5.41, 5.74) is 3.53. The number of carbonyl (C=O) groups is 1. The highest BCUT2D eigenvalue weighted by molar-refractivity contribution is 8.27. The Kier molecular flexibility index (Phi) is 6.01. The van der Waals surface area contributed by atoms with Gasteiger partial charge in [0.2, 0.25) is 0 Å². The van der Waals surface area contributed by atoms with Gasteiger partial charge >= 0.3 is 0 Å². The zero-order chi connectivity index (χ0) is 23.1. The van der Waals surface area contributed by atoms with Crippen molar-refractivity contribution in [2.45, 2.75) is 6.54 Å². The summed E-state index contributed by atoms with van der Waals surface area (Å²) < 4.78 is 16.1. The van der Waals surface area contributed by atoms with E-state index in [0.29, 0.717) is 26.5 Å². The Bertz CT molecular complexity index is 1450. The third-order valence-electron chi connectivity index (χ3n) is 5.33. The van der Waals surface area contributed by atoms with Gasteiger partial charge in [-0.3, -0.25) is 9.69 Å². The Labute approximate surface area is 209 Å². The van der Waals surface area contributed by atoms with Gasteiger partial charge < -0.3 is 4.57 Å². The molecule has 164 valence electrons. The van der Waals surface area contributed by atoms with Crippen LogP contribution in [-0.4, -0.2) is 14.8 Å². The van der Waals surface area contributed by atoms with Crippen LogP contribution >= 0.6 is 47.2 Å². The van der Waals surface area contributed by atoms with Gasteiger partial charge in [0.05, 0.1) is 15.6 Å². The van der Waals surface area contributed by atoms with E-state index in [1.807, 2.05) is 60.8 Å². The number of rotatable bonds is 4. The Balaban J connectivity index is 1.51. The third kappa shape index (κ3) is 4.32. The van der Waals surface area contributed by atoms with Crippen molar-refractivity contribution in [1.29, 1.82) is 0 Å². The number of halogens is 3. The van der Waals surface area contributed by atoms with Crippen molar-refractivity contribution < 1.29 is 9.18 Å². The van der Waals surface area contributed by atoms with Crippen LogP contribution in [0.3, 0.4) is 0 Å². The fraction of sp³-hybridized carbons (Fsp3) is 0.0400. The number of carbonyl (C=O) groups excluding carboxylic acids is 1. The number of thiocarbonyl (C=S) groups is 1. The van der Waals surface area contributed by atoms with Crippen molar-refractivity contribution in [2.24, 2.45) is 0 Å². The summed E-state index contributed by atoms with van der Waals surface area (Å²) in [6, 6.07) is 19.9. The highest BCUT2D eigenvalue weighted by Gasteiger charge is 2.33. The zero-order valence-corrected chi connectivity index (χ0v) is 20.1. The fourth-order valence-electron chi connectivity index (χ4n) is 3.76. The molecule has 1 aromatic heterocycles. The van der Waals surface area contributed by atoms with E-state index in [0.717, 1.165) is 22.0 Å². The molecule has 3 nitrogen and oxygen atoms in total. The van der Waals surface area contributed by atoms with Gasteiger partial charge in [-0.2, -0.15) is 0 Å². The first-order valence-corrected chi connectivity index (χ1v) is 11.9. The van der Waals surface area contributed by atoms with Crippen LogP contribution in [0, 0.1) is 5.82 Å². The average molecular weight is 513 g/mol. The van der Waals surface area contributed by atoms with Crippen LogP contribution in [0.2, 0.25) is 10.0 Å². The molecule has 0 radical (unpaired) electrons. The van der Waals surface area contributed by atoms with E-state index in [4.69, 9.17) is 35.4 Å².